The minimum Gasteiger partial charge on any atom is -0.464 e. The first-order chi connectivity index (χ1) is 17.6. The van der Waals surface area contributed by atoms with E-state index in [9.17, 15) is 14.4 Å². The monoisotopic (exact) mass is 562 g/mol. The molecule has 0 fully saturated rings. The summed E-state index contributed by atoms with van der Waals surface area (Å²) in [4.78, 5) is 38.6. The van der Waals surface area contributed by atoms with Crippen LogP contribution >= 0.6 is 34.8 Å². The van der Waals surface area contributed by atoms with Gasteiger partial charge in [-0.25, -0.2) is 4.79 Å². The van der Waals surface area contributed by atoms with E-state index in [-0.39, 0.29) is 24.5 Å². The quantitative estimate of drug-likeness (QED) is 0.340. The average molecular weight is 564 g/mol. The van der Waals surface area contributed by atoms with Crippen LogP contribution in [0.4, 0.5) is 5.69 Å². The number of aryl methyl sites for hydroxylation is 1. The summed E-state index contributed by atoms with van der Waals surface area (Å²) in [7, 11) is 0. The van der Waals surface area contributed by atoms with Gasteiger partial charge in [-0.3, -0.25) is 9.59 Å². The standard InChI is InChI=1S/C28H29Cl3N2O4/c1-16(2)15-37-28(36)23(33-26(34)24-17(3)6-4-7-20(24)29)14-18-10-12-19(13-11-18)32-27(35)25-21(30)8-5-9-22(25)31/h4,6-8,10-13,16,23H,5,9,14-15H2,1-3H3,(H,32,35)(H,33,34). The Kier molecular flexibility index (Phi) is 10.2. The minimum atomic E-state index is -0.933. The van der Waals surface area contributed by atoms with Gasteiger partial charge in [-0.05, 0) is 55.0 Å². The molecule has 0 aliphatic heterocycles. The number of benzene rings is 2. The maximum atomic E-state index is 13.0. The van der Waals surface area contributed by atoms with E-state index in [1.54, 1.807) is 55.5 Å². The number of anilines is 1. The molecule has 2 aromatic rings. The first-order valence-electron chi connectivity index (χ1n) is 11.9. The molecule has 3 rings (SSSR count). The number of rotatable bonds is 9. The highest BCUT2D eigenvalue weighted by molar-refractivity contribution is 6.40. The van der Waals surface area contributed by atoms with E-state index >= 15 is 0 Å². The predicted molar refractivity (Wildman–Crippen MR) is 148 cm³/mol. The molecule has 1 atom stereocenters. The van der Waals surface area contributed by atoms with Crippen molar-refractivity contribution in [3.63, 3.8) is 0 Å². The number of amides is 2. The number of esters is 1. The Labute approximate surface area is 232 Å². The fraction of sp³-hybridized carbons (Fsp3) is 0.321. The Hall–Kier alpha value is -2.80. The van der Waals surface area contributed by atoms with Crippen LogP contribution in [-0.2, 0) is 20.7 Å². The van der Waals surface area contributed by atoms with Gasteiger partial charge in [0, 0.05) is 17.1 Å². The van der Waals surface area contributed by atoms with Crippen LogP contribution in [0.2, 0.25) is 5.02 Å². The molecule has 0 heterocycles. The normalized spacial score (nSPS) is 14.2. The summed E-state index contributed by atoms with van der Waals surface area (Å²) < 4.78 is 5.42. The van der Waals surface area contributed by atoms with Crippen LogP contribution < -0.4 is 10.6 Å². The third-order valence-corrected chi connectivity index (χ3v) is 6.71. The smallest absolute Gasteiger partial charge is 0.329 e. The largest absolute Gasteiger partial charge is 0.464 e. The number of carbonyl (C=O) groups is 3. The number of carbonyl (C=O) groups excluding carboxylic acids is 3. The van der Waals surface area contributed by atoms with Crippen molar-refractivity contribution in [1.82, 2.24) is 5.32 Å². The minimum absolute atomic E-state index is 0.144. The summed E-state index contributed by atoms with van der Waals surface area (Å²) >= 11 is 18.6. The molecule has 0 radical (unpaired) electrons. The third kappa shape index (κ3) is 7.84. The zero-order valence-corrected chi connectivity index (χ0v) is 23.1. The lowest BCUT2D eigenvalue weighted by Crippen LogP contribution is -2.44. The van der Waals surface area contributed by atoms with Gasteiger partial charge < -0.3 is 15.4 Å². The highest BCUT2D eigenvalue weighted by Crippen LogP contribution is 2.31. The highest BCUT2D eigenvalue weighted by atomic mass is 35.5. The second kappa shape index (κ2) is 13.1. The van der Waals surface area contributed by atoms with Crippen molar-refractivity contribution in [1.29, 1.82) is 0 Å². The lowest BCUT2D eigenvalue weighted by atomic mass is 10.0. The maximum absolute atomic E-state index is 13.0. The summed E-state index contributed by atoms with van der Waals surface area (Å²) in [5.74, 6) is -1.24. The number of hydrogen-bond acceptors (Lipinski definition) is 4. The van der Waals surface area contributed by atoms with E-state index in [0.29, 0.717) is 44.7 Å². The second-order valence-corrected chi connectivity index (χ2v) is 10.5. The molecule has 196 valence electrons. The first-order valence-corrected chi connectivity index (χ1v) is 13.1. The fourth-order valence-electron chi connectivity index (χ4n) is 3.76. The molecule has 1 aliphatic rings. The molecule has 0 aromatic heterocycles. The number of nitrogens with one attached hydrogen (secondary N) is 2. The van der Waals surface area contributed by atoms with Crippen LogP contribution in [0.1, 0.15) is 48.2 Å². The zero-order valence-electron chi connectivity index (χ0n) is 20.9. The summed E-state index contributed by atoms with van der Waals surface area (Å²) in [6.45, 7) is 5.87. The van der Waals surface area contributed by atoms with Crippen LogP contribution in [0.5, 0.6) is 0 Å². The molecule has 37 heavy (non-hydrogen) atoms. The van der Waals surface area contributed by atoms with Crippen molar-refractivity contribution in [3.8, 4) is 0 Å². The van der Waals surface area contributed by atoms with Crippen molar-refractivity contribution in [2.45, 2.75) is 46.1 Å². The number of allylic oxidation sites excluding steroid dienone is 2. The Morgan fingerprint density at radius 3 is 2.32 bits per heavy atom. The van der Waals surface area contributed by atoms with Gasteiger partial charge >= 0.3 is 5.97 Å². The first kappa shape index (κ1) is 28.8. The van der Waals surface area contributed by atoms with Gasteiger partial charge in [-0.1, -0.05) is 79.0 Å². The molecule has 6 nitrogen and oxygen atoms in total. The lowest BCUT2D eigenvalue weighted by molar-refractivity contribution is -0.147. The number of hydrogen-bond donors (Lipinski definition) is 2. The molecular formula is C28H29Cl3N2O4. The van der Waals surface area contributed by atoms with Gasteiger partial charge in [-0.15, -0.1) is 0 Å². The van der Waals surface area contributed by atoms with Crippen molar-refractivity contribution in [3.05, 3.63) is 85.9 Å². The molecule has 0 saturated heterocycles. The van der Waals surface area contributed by atoms with Crippen LogP contribution in [0.25, 0.3) is 0 Å². The Balaban J connectivity index is 1.74. The molecular weight excluding hydrogens is 535 g/mol. The molecule has 0 saturated carbocycles. The van der Waals surface area contributed by atoms with Gasteiger partial charge in [0.2, 0.25) is 0 Å². The van der Waals surface area contributed by atoms with Crippen LogP contribution in [0, 0.1) is 12.8 Å². The van der Waals surface area contributed by atoms with Gasteiger partial charge in [0.15, 0.2) is 0 Å². The molecule has 0 bridgehead atoms. The van der Waals surface area contributed by atoms with Crippen molar-refractivity contribution in [2.24, 2.45) is 5.92 Å². The third-order valence-electron chi connectivity index (χ3n) is 5.67. The molecule has 1 unspecified atom stereocenters. The van der Waals surface area contributed by atoms with E-state index in [1.807, 2.05) is 13.8 Å². The van der Waals surface area contributed by atoms with Crippen molar-refractivity contribution >= 4 is 58.3 Å². The van der Waals surface area contributed by atoms with Crippen LogP contribution in [0.15, 0.2) is 64.2 Å². The number of halogens is 3. The average Bonchev–Trinajstić information content (AvgIpc) is 2.83. The van der Waals surface area contributed by atoms with Gasteiger partial charge in [0.1, 0.15) is 6.04 Å². The van der Waals surface area contributed by atoms with Crippen molar-refractivity contribution in [2.75, 3.05) is 11.9 Å². The van der Waals surface area contributed by atoms with E-state index in [0.717, 1.165) is 5.56 Å². The van der Waals surface area contributed by atoms with Crippen molar-refractivity contribution < 1.29 is 19.1 Å². The van der Waals surface area contributed by atoms with Gasteiger partial charge in [0.25, 0.3) is 11.8 Å². The van der Waals surface area contributed by atoms with Gasteiger partial charge in [0.05, 0.1) is 27.8 Å². The summed E-state index contributed by atoms with van der Waals surface area (Å²) in [6, 6.07) is 11.2. The Morgan fingerprint density at radius 1 is 1.00 bits per heavy atom. The molecule has 2 amide bonds. The summed E-state index contributed by atoms with van der Waals surface area (Å²) in [5, 5.41) is 6.63. The summed E-state index contributed by atoms with van der Waals surface area (Å²) in [5.41, 5.74) is 2.57. The van der Waals surface area contributed by atoms with Crippen LogP contribution in [0.3, 0.4) is 0 Å². The van der Waals surface area contributed by atoms with E-state index in [4.69, 9.17) is 39.5 Å². The fourth-order valence-corrected chi connectivity index (χ4v) is 4.72. The molecule has 2 aromatic carbocycles. The molecule has 9 heteroatoms. The predicted octanol–water partition coefficient (Wildman–Crippen LogP) is 6.54. The highest BCUT2D eigenvalue weighted by Gasteiger charge is 2.26. The van der Waals surface area contributed by atoms with E-state index < -0.39 is 23.8 Å². The van der Waals surface area contributed by atoms with Gasteiger partial charge in [-0.2, -0.15) is 0 Å². The van der Waals surface area contributed by atoms with E-state index in [1.165, 1.54) is 0 Å². The SMILES string of the molecule is Cc1cccc(Cl)c1C(=O)NC(Cc1ccc(NC(=O)C2=C(Cl)CCC=C2Cl)cc1)C(=O)OCC(C)C. The second-order valence-electron chi connectivity index (χ2n) is 9.21. The Bertz CT molecular complexity index is 1220. The maximum Gasteiger partial charge on any atom is 0.329 e. The van der Waals surface area contributed by atoms with E-state index in [2.05, 4.69) is 10.6 Å². The number of ether oxygens (including phenoxy) is 1. The molecule has 2 N–H and O–H groups in total. The van der Waals surface area contributed by atoms with Crippen LogP contribution in [-0.4, -0.2) is 30.4 Å². The summed E-state index contributed by atoms with van der Waals surface area (Å²) in [6.07, 6.45) is 3.21. The topological polar surface area (TPSA) is 84.5 Å². The lowest BCUT2D eigenvalue weighted by Gasteiger charge is -2.20. The zero-order chi connectivity index (χ0) is 27.1. The molecule has 1 aliphatic carbocycles. The Morgan fingerprint density at radius 2 is 1.70 bits per heavy atom. The molecule has 0 spiro atoms.